The normalized spacial score (nSPS) is 11.4. The van der Waals surface area contributed by atoms with Gasteiger partial charge in [0.25, 0.3) is 0 Å². The van der Waals surface area contributed by atoms with E-state index in [1.165, 1.54) is 0 Å². The molecule has 0 aliphatic rings. The summed E-state index contributed by atoms with van der Waals surface area (Å²) < 4.78 is 23.5. The summed E-state index contributed by atoms with van der Waals surface area (Å²) in [5.41, 5.74) is 1.09. The summed E-state index contributed by atoms with van der Waals surface area (Å²) in [7, 11) is -3.47. The van der Waals surface area contributed by atoms with E-state index in [1.54, 1.807) is 24.3 Å². The Labute approximate surface area is 101 Å². The predicted octanol–water partition coefficient (Wildman–Crippen LogP) is 1.89. The molecule has 17 heavy (non-hydrogen) atoms. The van der Waals surface area contributed by atoms with Crippen LogP contribution in [0.1, 0.15) is 25.3 Å². The molecule has 0 amide bonds. The Morgan fingerprint density at radius 1 is 1.24 bits per heavy atom. The smallest absolute Gasteiger partial charge is 0.304 e. The molecule has 0 saturated heterocycles. The lowest BCUT2D eigenvalue weighted by Gasteiger charge is -2.04. The third-order valence-corrected chi connectivity index (χ3v) is 4.14. The number of carboxylic acid groups (broad SMARTS) is 1. The topological polar surface area (TPSA) is 71.4 Å². The number of benzene rings is 1. The molecule has 0 aliphatic heterocycles. The number of carbonyl (C=O) groups is 1. The first kappa shape index (κ1) is 13.7. The fourth-order valence-corrected chi connectivity index (χ4v) is 2.72. The molecule has 0 atom stereocenters. The first-order chi connectivity index (χ1) is 7.95. The Balaban J connectivity index is 2.81. The van der Waals surface area contributed by atoms with Gasteiger partial charge in [-0.1, -0.05) is 25.5 Å². The second-order valence-corrected chi connectivity index (χ2v) is 5.97. The van der Waals surface area contributed by atoms with E-state index in [4.69, 9.17) is 5.11 Å². The average molecular weight is 256 g/mol. The average Bonchev–Trinajstić information content (AvgIpc) is 2.28. The van der Waals surface area contributed by atoms with Gasteiger partial charge in [0.1, 0.15) is 0 Å². The molecular formula is C12H16O4S. The van der Waals surface area contributed by atoms with Crippen molar-refractivity contribution in [3.63, 3.8) is 0 Å². The maximum atomic E-state index is 11.7. The zero-order valence-corrected chi connectivity index (χ0v) is 10.5. The number of rotatable bonds is 6. The van der Waals surface area contributed by atoms with Crippen molar-refractivity contribution in [2.24, 2.45) is 0 Å². The van der Waals surface area contributed by atoms with Crippen molar-refractivity contribution in [2.45, 2.75) is 31.1 Å². The SMILES string of the molecule is CCCc1ccc(S(=O)(=O)CCC(=O)O)cc1. The molecule has 0 saturated carbocycles. The van der Waals surface area contributed by atoms with Crippen LogP contribution in [0.25, 0.3) is 0 Å². The third kappa shape index (κ3) is 4.19. The van der Waals surface area contributed by atoms with Crippen LogP contribution < -0.4 is 0 Å². The van der Waals surface area contributed by atoms with E-state index in [0.29, 0.717) is 0 Å². The van der Waals surface area contributed by atoms with Crippen LogP contribution >= 0.6 is 0 Å². The van der Waals surface area contributed by atoms with Gasteiger partial charge in [-0.15, -0.1) is 0 Å². The Morgan fingerprint density at radius 2 is 1.82 bits per heavy atom. The molecule has 0 aromatic heterocycles. The molecular weight excluding hydrogens is 240 g/mol. The van der Waals surface area contributed by atoms with Crippen molar-refractivity contribution in [1.82, 2.24) is 0 Å². The van der Waals surface area contributed by atoms with Crippen LogP contribution in [0.15, 0.2) is 29.2 Å². The van der Waals surface area contributed by atoms with Crippen LogP contribution in [0.2, 0.25) is 0 Å². The van der Waals surface area contributed by atoms with Crippen molar-refractivity contribution in [3.05, 3.63) is 29.8 Å². The second-order valence-electron chi connectivity index (χ2n) is 3.86. The zero-order valence-electron chi connectivity index (χ0n) is 9.72. The first-order valence-corrected chi connectivity index (χ1v) is 7.14. The van der Waals surface area contributed by atoms with Gasteiger partial charge in [0.05, 0.1) is 17.1 Å². The van der Waals surface area contributed by atoms with E-state index in [-0.39, 0.29) is 17.1 Å². The van der Waals surface area contributed by atoms with Gasteiger partial charge in [0, 0.05) is 0 Å². The number of hydrogen-bond acceptors (Lipinski definition) is 3. The minimum absolute atomic E-state index is 0.193. The summed E-state index contributed by atoms with van der Waals surface area (Å²) in [4.78, 5) is 10.5. The van der Waals surface area contributed by atoms with E-state index in [0.717, 1.165) is 18.4 Å². The standard InChI is InChI=1S/C12H16O4S/c1-2-3-10-4-6-11(7-5-10)17(15,16)9-8-12(13)14/h4-7H,2-3,8-9H2,1H3,(H,13,14). The highest BCUT2D eigenvalue weighted by Crippen LogP contribution is 2.14. The summed E-state index contributed by atoms with van der Waals surface area (Å²) in [6, 6.07) is 6.64. The van der Waals surface area contributed by atoms with Crippen molar-refractivity contribution in [1.29, 1.82) is 0 Å². The van der Waals surface area contributed by atoms with Gasteiger partial charge < -0.3 is 5.11 Å². The van der Waals surface area contributed by atoms with Crippen LogP contribution in [0.4, 0.5) is 0 Å². The molecule has 4 nitrogen and oxygen atoms in total. The van der Waals surface area contributed by atoms with Crippen molar-refractivity contribution < 1.29 is 18.3 Å². The van der Waals surface area contributed by atoms with Crippen molar-refractivity contribution in [2.75, 3.05) is 5.75 Å². The minimum Gasteiger partial charge on any atom is -0.481 e. The number of aryl methyl sites for hydroxylation is 1. The third-order valence-electron chi connectivity index (χ3n) is 2.41. The van der Waals surface area contributed by atoms with E-state index in [9.17, 15) is 13.2 Å². The van der Waals surface area contributed by atoms with Crippen LogP contribution in [0, 0.1) is 0 Å². The summed E-state index contributed by atoms with van der Waals surface area (Å²) in [6.45, 7) is 2.05. The zero-order chi connectivity index (χ0) is 12.9. The summed E-state index contributed by atoms with van der Waals surface area (Å²) in [5.74, 6) is -1.45. The maximum Gasteiger partial charge on any atom is 0.304 e. The molecule has 0 bridgehead atoms. The van der Waals surface area contributed by atoms with Gasteiger partial charge in [-0.2, -0.15) is 0 Å². The second kappa shape index (κ2) is 5.82. The lowest BCUT2D eigenvalue weighted by molar-refractivity contribution is -0.136. The molecule has 5 heteroatoms. The molecule has 0 radical (unpaired) electrons. The molecule has 0 fully saturated rings. The largest absolute Gasteiger partial charge is 0.481 e. The lowest BCUT2D eigenvalue weighted by atomic mass is 10.1. The Kier molecular flexibility index (Phi) is 4.69. The molecule has 1 aromatic carbocycles. The molecule has 1 aromatic rings. The minimum atomic E-state index is -3.47. The molecule has 1 N–H and O–H groups in total. The van der Waals surface area contributed by atoms with Gasteiger partial charge >= 0.3 is 5.97 Å². The van der Waals surface area contributed by atoms with Gasteiger partial charge in [-0.05, 0) is 24.1 Å². The van der Waals surface area contributed by atoms with Crippen LogP contribution in [0.3, 0.4) is 0 Å². The van der Waals surface area contributed by atoms with Crippen LogP contribution in [0.5, 0.6) is 0 Å². The van der Waals surface area contributed by atoms with E-state index in [2.05, 4.69) is 6.92 Å². The maximum absolute atomic E-state index is 11.7. The molecule has 1 rings (SSSR count). The summed E-state index contributed by atoms with van der Waals surface area (Å²) >= 11 is 0. The van der Waals surface area contributed by atoms with E-state index in [1.807, 2.05) is 0 Å². The summed E-state index contributed by atoms with van der Waals surface area (Å²) in [6.07, 6.45) is 1.56. The monoisotopic (exact) mass is 256 g/mol. The quantitative estimate of drug-likeness (QED) is 0.843. The molecule has 0 unspecified atom stereocenters. The van der Waals surface area contributed by atoms with E-state index < -0.39 is 15.8 Å². The fraction of sp³-hybridized carbons (Fsp3) is 0.417. The number of hydrogen-bond donors (Lipinski definition) is 1. The molecule has 94 valence electrons. The molecule has 0 spiro atoms. The Hall–Kier alpha value is -1.36. The highest BCUT2D eigenvalue weighted by Gasteiger charge is 2.15. The van der Waals surface area contributed by atoms with E-state index >= 15 is 0 Å². The number of carboxylic acids is 1. The van der Waals surface area contributed by atoms with Gasteiger partial charge in [0.15, 0.2) is 9.84 Å². The first-order valence-electron chi connectivity index (χ1n) is 5.49. The predicted molar refractivity (Wildman–Crippen MR) is 64.7 cm³/mol. The van der Waals surface area contributed by atoms with Gasteiger partial charge in [0.2, 0.25) is 0 Å². The molecule has 0 heterocycles. The van der Waals surface area contributed by atoms with Crippen molar-refractivity contribution >= 4 is 15.8 Å². The van der Waals surface area contributed by atoms with Crippen LogP contribution in [-0.2, 0) is 21.1 Å². The highest BCUT2D eigenvalue weighted by atomic mass is 32.2. The van der Waals surface area contributed by atoms with Crippen LogP contribution in [-0.4, -0.2) is 25.2 Å². The number of aliphatic carboxylic acids is 1. The molecule has 0 aliphatic carbocycles. The fourth-order valence-electron chi connectivity index (χ4n) is 1.49. The lowest BCUT2D eigenvalue weighted by Crippen LogP contribution is -2.11. The summed E-state index contributed by atoms with van der Waals surface area (Å²) in [5, 5.41) is 8.47. The number of sulfone groups is 1. The Morgan fingerprint density at radius 3 is 2.29 bits per heavy atom. The highest BCUT2D eigenvalue weighted by molar-refractivity contribution is 7.91. The Bertz CT molecular complexity index is 474. The van der Waals surface area contributed by atoms with Crippen molar-refractivity contribution in [3.8, 4) is 0 Å². The van der Waals surface area contributed by atoms with Gasteiger partial charge in [-0.3, -0.25) is 4.79 Å². The van der Waals surface area contributed by atoms with Gasteiger partial charge in [-0.25, -0.2) is 8.42 Å².